The largest absolute Gasteiger partial charge is 0.497 e. The summed E-state index contributed by atoms with van der Waals surface area (Å²) in [6, 6.07) is 16.7. The van der Waals surface area contributed by atoms with Crippen LogP contribution < -0.4 is 10.2 Å². The van der Waals surface area contributed by atoms with Gasteiger partial charge in [0.2, 0.25) is 5.91 Å². The maximum atomic E-state index is 12.4. The van der Waals surface area contributed by atoms with Crippen LogP contribution in [0, 0.1) is 5.92 Å². The van der Waals surface area contributed by atoms with Crippen molar-refractivity contribution >= 4 is 18.0 Å². The molecule has 27 heavy (non-hydrogen) atoms. The lowest BCUT2D eigenvalue weighted by Crippen LogP contribution is -2.42. The summed E-state index contributed by atoms with van der Waals surface area (Å²) >= 11 is 0. The van der Waals surface area contributed by atoms with Crippen LogP contribution in [0.15, 0.2) is 59.7 Å². The van der Waals surface area contributed by atoms with Crippen LogP contribution in [-0.2, 0) is 4.79 Å². The van der Waals surface area contributed by atoms with E-state index in [0.717, 1.165) is 11.3 Å². The van der Waals surface area contributed by atoms with Crippen molar-refractivity contribution in [2.24, 2.45) is 11.0 Å². The standard InChI is InChI=1S/C21H23N3O3/c1-27-19-9-5-6-16(14-19)15-22-23-20(25)17-10-12-24(13-11-17)21(26)18-7-3-2-4-8-18/h2-9,14-15,17H,10-13H2,1H3,(H,23,25)/b22-15-. The second-order valence-corrected chi connectivity index (χ2v) is 6.44. The number of ether oxygens (including phenoxy) is 1. The maximum absolute atomic E-state index is 12.4. The van der Waals surface area contributed by atoms with Gasteiger partial charge >= 0.3 is 0 Å². The molecule has 0 aromatic heterocycles. The van der Waals surface area contributed by atoms with Gasteiger partial charge in [-0.25, -0.2) is 5.43 Å². The molecular weight excluding hydrogens is 342 g/mol. The van der Waals surface area contributed by atoms with E-state index < -0.39 is 0 Å². The van der Waals surface area contributed by atoms with Crippen molar-refractivity contribution in [2.75, 3.05) is 20.2 Å². The predicted octanol–water partition coefficient (Wildman–Crippen LogP) is 2.70. The molecule has 140 valence electrons. The summed E-state index contributed by atoms with van der Waals surface area (Å²) in [5, 5.41) is 4.03. The first kappa shape index (κ1) is 18.6. The van der Waals surface area contributed by atoms with Gasteiger partial charge in [0.25, 0.3) is 5.91 Å². The van der Waals surface area contributed by atoms with Gasteiger partial charge < -0.3 is 9.64 Å². The number of carbonyl (C=O) groups is 2. The Kier molecular flexibility index (Phi) is 6.20. The van der Waals surface area contributed by atoms with Gasteiger partial charge in [-0.3, -0.25) is 9.59 Å². The van der Waals surface area contributed by atoms with E-state index in [1.807, 2.05) is 54.6 Å². The summed E-state index contributed by atoms with van der Waals surface area (Å²) in [6.07, 6.45) is 2.87. The van der Waals surface area contributed by atoms with Crippen molar-refractivity contribution < 1.29 is 14.3 Å². The number of amides is 2. The van der Waals surface area contributed by atoms with E-state index in [1.165, 1.54) is 0 Å². The molecular formula is C21H23N3O3. The molecule has 0 bridgehead atoms. The van der Waals surface area contributed by atoms with Gasteiger partial charge in [-0.05, 0) is 42.7 Å². The number of methoxy groups -OCH3 is 1. The third kappa shape index (κ3) is 4.94. The van der Waals surface area contributed by atoms with Crippen LogP contribution in [0.2, 0.25) is 0 Å². The van der Waals surface area contributed by atoms with Crippen LogP contribution in [0.5, 0.6) is 5.75 Å². The molecule has 1 aliphatic rings. The van der Waals surface area contributed by atoms with E-state index in [1.54, 1.807) is 18.2 Å². The first-order chi connectivity index (χ1) is 13.2. The SMILES string of the molecule is COc1cccc(/C=N\NC(=O)C2CCN(C(=O)c3ccccc3)CC2)c1. The molecule has 2 aromatic rings. The van der Waals surface area contributed by atoms with Crippen LogP contribution in [-0.4, -0.2) is 43.1 Å². The summed E-state index contributed by atoms with van der Waals surface area (Å²) in [6.45, 7) is 1.15. The first-order valence-electron chi connectivity index (χ1n) is 8.98. The Morgan fingerprint density at radius 3 is 2.56 bits per heavy atom. The van der Waals surface area contributed by atoms with Gasteiger partial charge in [0.05, 0.1) is 13.3 Å². The highest BCUT2D eigenvalue weighted by atomic mass is 16.5. The highest BCUT2D eigenvalue weighted by molar-refractivity contribution is 5.94. The van der Waals surface area contributed by atoms with E-state index in [2.05, 4.69) is 10.5 Å². The van der Waals surface area contributed by atoms with E-state index in [0.29, 0.717) is 31.5 Å². The number of rotatable bonds is 5. The lowest BCUT2D eigenvalue weighted by Gasteiger charge is -2.31. The number of hydrazone groups is 1. The lowest BCUT2D eigenvalue weighted by molar-refractivity contribution is -0.126. The Labute approximate surface area is 158 Å². The second-order valence-electron chi connectivity index (χ2n) is 6.44. The van der Waals surface area contributed by atoms with Gasteiger partial charge in [-0.2, -0.15) is 5.10 Å². The molecule has 1 fully saturated rings. The summed E-state index contributed by atoms with van der Waals surface area (Å²) in [5.41, 5.74) is 4.13. The van der Waals surface area contributed by atoms with Gasteiger partial charge in [-0.15, -0.1) is 0 Å². The molecule has 0 spiro atoms. The van der Waals surface area contributed by atoms with Crippen molar-refractivity contribution in [2.45, 2.75) is 12.8 Å². The molecule has 0 aliphatic carbocycles. The number of carbonyl (C=O) groups excluding carboxylic acids is 2. The van der Waals surface area contributed by atoms with Gasteiger partial charge in [0.15, 0.2) is 0 Å². The molecule has 1 aliphatic heterocycles. The van der Waals surface area contributed by atoms with E-state index in [-0.39, 0.29) is 17.7 Å². The number of hydrogen-bond acceptors (Lipinski definition) is 4. The quantitative estimate of drug-likeness (QED) is 0.654. The van der Waals surface area contributed by atoms with Crippen LogP contribution in [0.3, 0.4) is 0 Å². The Morgan fingerprint density at radius 2 is 1.85 bits per heavy atom. The molecule has 0 unspecified atom stereocenters. The van der Waals surface area contributed by atoms with Gasteiger partial charge in [0.1, 0.15) is 5.75 Å². The maximum Gasteiger partial charge on any atom is 0.253 e. The Hall–Kier alpha value is -3.15. The van der Waals surface area contributed by atoms with Crippen molar-refractivity contribution in [1.82, 2.24) is 10.3 Å². The van der Waals surface area contributed by atoms with Crippen LogP contribution in [0.1, 0.15) is 28.8 Å². The van der Waals surface area contributed by atoms with Crippen molar-refractivity contribution in [3.8, 4) is 5.75 Å². The zero-order valence-corrected chi connectivity index (χ0v) is 15.3. The molecule has 1 N–H and O–H groups in total. The van der Waals surface area contributed by atoms with E-state index in [9.17, 15) is 9.59 Å². The fourth-order valence-electron chi connectivity index (χ4n) is 3.09. The molecule has 1 saturated heterocycles. The van der Waals surface area contributed by atoms with Gasteiger partial charge in [-0.1, -0.05) is 30.3 Å². The molecule has 6 heteroatoms. The van der Waals surface area contributed by atoms with Crippen molar-refractivity contribution in [3.05, 3.63) is 65.7 Å². The highest BCUT2D eigenvalue weighted by Crippen LogP contribution is 2.19. The molecule has 2 aromatic carbocycles. The first-order valence-corrected chi connectivity index (χ1v) is 8.98. The summed E-state index contributed by atoms with van der Waals surface area (Å²) in [7, 11) is 1.60. The Balaban J connectivity index is 1.48. The average Bonchev–Trinajstić information content (AvgIpc) is 2.74. The fourth-order valence-corrected chi connectivity index (χ4v) is 3.09. The topological polar surface area (TPSA) is 71.0 Å². The number of benzene rings is 2. The minimum Gasteiger partial charge on any atom is -0.497 e. The number of nitrogens with one attached hydrogen (secondary N) is 1. The molecule has 0 atom stereocenters. The number of hydrogen-bond donors (Lipinski definition) is 1. The number of likely N-dealkylation sites (tertiary alicyclic amines) is 1. The highest BCUT2D eigenvalue weighted by Gasteiger charge is 2.27. The van der Waals surface area contributed by atoms with E-state index >= 15 is 0 Å². The third-order valence-corrected chi connectivity index (χ3v) is 4.66. The van der Waals surface area contributed by atoms with Crippen LogP contribution in [0.25, 0.3) is 0 Å². The number of piperidine rings is 1. The third-order valence-electron chi connectivity index (χ3n) is 4.66. The molecule has 6 nitrogen and oxygen atoms in total. The minimum absolute atomic E-state index is 0.0190. The molecule has 3 rings (SSSR count). The summed E-state index contributed by atoms with van der Waals surface area (Å²) < 4.78 is 5.16. The van der Waals surface area contributed by atoms with Crippen molar-refractivity contribution in [1.29, 1.82) is 0 Å². The zero-order valence-electron chi connectivity index (χ0n) is 15.3. The fraction of sp³-hybridized carbons (Fsp3) is 0.286. The second kappa shape index (κ2) is 8.98. The Bertz CT molecular complexity index is 812. The van der Waals surface area contributed by atoms with Crippen molar-refractivity contribution in [3.63, 3.8) is 0 Å². The molecule has 2 amide bonds. The Morgan fingerprint density at radius 1 is 1.11 bits per heavy atom. The normalized spacial score (nSPS) is 14.9. The summed E-state index contributed by atoms with van der Waals surface area (Å²) in [4.78, 5) is 26.6. The van der Waals surface area contributed by atoms with Crippen LogP contribution >= 0.6 is 0 Å². The minimum atomic E-state index is -0.132. The molecule has 0 saturated carbocycles. The lowest BCUT2D eigenvalue weighted by atomic mass is 9.95. The average molecular weight is 365 g/mol. The molecule has 0 radical (unpaired) electrons. The predicted molar refractivity (Wildman–Crippen MR) is 104 cm³/mol. The van der Waals surface area contributed by atoms with Crippen LogP contribution in [0.4, 0.5) is 0 Å². The van der Waals surface area contributed by atoms with Gasteiger partial charge in [0, 0.05) is 24.6 Å². The molecule has 1 heterocycles. The smallest absolute Gasteiger partial charge is 0.253 e. The zero-order chi connectivity index (χ0) is 19.1. The number of nitrogens with zero attached hydrogens (tertiary/aromatic N) is 2. The monoisotopic (exact) mass is 365 g/mol. The van der Waals surface area contributed by atoms with E-state index in [4.69, 9.17) is 4.74 Å². The summed E-state index contributed by atoms with van der Waals surface area (Å²) in [5.74, 6) is 0.513.